The number of nitrogens with one attached hydrogen (secondary N) is 2. The van der Waals surface area contributed by atoms with Gasteiger partial charge in [-0.15, -0.1) is 0 Å². The average molecular weight is 290 g/mol. The molecule has 0 radical (unpaired) electrons. The van der Waals surface area contributed by atoms with Gasteiger partial charge in [0.1, 0.15) is 12.9 Å². The molecular formula is C12H22N2O6. The predicted molar refractivity (Wildman–Crippen MR) is 70.4 cm³/mol. The summed E-state index contributed by atoms with van der Waals surface area (Å²) < 4.78 is 14.3. The Balaban J connectivity index is 3.53. The van der Waals surface area contributed by atoms with Crippen LogP contribution in [-0.2, 0) is 19.0 Å². The molecule has 0 aromatic carbocycles. The Kier molecular flexibility index (Phi) is 10.0. The average Bonchev–Trinajstić information content (AvgIpc) is 2.42. The Morgan fingerprint density at radius 1 is 1.15 bits per heavy atom. The number of ether oxygens (including phenoxy) is 3. The summed E-state index contributed by atoms with van der Waals surface area (Å²) in [5, 5.41) is 4.87. The number of alkyl carbamates (subject to hydrolysis) is 2. The first-order valence-corrected chi connectivity index (χ1v) is 6.29. The minimum atomic E-state index is -0.660. The zero-order valence-corrected chi connectivity index (χ0v) is 12.0. The molecule has 0 aliphatic rings. The number of methoxy groups -OCH3 is 1. The molecule has 0 aliphatic carbocycles. The minimum absolute atomic E-state index is 0.000644. The summed E-state index contributed by atoms with van der Waals surface area (Å²) in [6.45, 7) is 4.48. The molecule has 0 saturated carbocycles. The third-order valence-electron chi connectivity index (χ3n) is 2.31. The van der Waals surface area contributed by atoms with Gasteiger partial charge in [0.25, 0.3) is 0 Å². The van der Waals surface area contributed by atoms with E-state index in [-0.39, 0.29) is 25.7 Å². The highest BCUT2D eigenvalue weighted by Crippen LogP contribution is 1.98. The van der Waals surface area contributed by atoms with E-state index in [0.717, 1.165) is 0 Å². The first kappa shape index (κ1) is 18.2. The van der Waals surface area contributed by atoms with Crippen LogP contribution < -0.4 is 10.6 Å². The molecule has 0 aromatic rings. The predicted octanol–water partition coefficient (Wildman–Crippen LogP) is 0.309. The molecule has 2 amide bonds. The van der Waals surface area contributed by atoms with Gasteiger partial charge >= 0.3 is 12.2 Å². The van der Waals surface area contributed by atoms with Crippen LogP contribution in [-0.4, -0.2) is 58.0 Å². The summed E-state index contributed by atoms with van der Waals surface area (Å²) in [5.41, 5.74) is 0. The number of hydrogen-bond acceptors (Lipinski definition) is 6. The Bertz CT molecular complexity index is 308. The molecule has 1 unspecified atom stereocenters. The van der Waals surface area contributed by atoms with E-state index in [1.54, 1.807) is 0 Å². The lowest BCUT2D eigenvalue weighted by Gasteiger charge is -2.15. The van der Waals surface area contributed by atoms with E-state index < -0.39 is 18.2 Å². The zero-order valence-electron chi connectivity index (χ0n) is 12.0. The molecule has 2 N–H and O–H groups in total. The van der Waals surface area contributed by atoms with Gasteiger partial charge in [-0.05, 0) is 5.92 Å². The second-order valence-electron chi connectivity index (χ2n) is 4.22. The number of hydrogen-bond donors (Lipinski definition) is 2. The van der Waals surface area contributed by atoms with Crippen molar-refractivity contribution in [1.82, 2.24) is 10.6 Å². The third kappa shape index (κ3) is 9.15. The fraction of sp³-hybridized carbons (Fsp3) is 0.750. The van der Waals surface area contributed by atoms with E-state index >= 15 is 0 Å². The van der Waals surface area contributed by atoms with Crippen molar-refractivity contribution in [2.75, 3.05) is 33.5 Å². The number of amides is 2. The lowest BCUT2D eigenvalue weighted by molar-refractivity contribution is -0.110. The van der Waals surface area contributed by atoms with Gasteiger partial charge in [0.15, 0.2) is 0 Å². The van der Waals surface area contributed by atoms with Gasteiger partial charge in [-0.3, -0.25) is 0 Å². The molecule has 0 aliphatic heterocycles. The van der Waals surface area contributed by atoms with Crippen molar-refractivity contribution >= 4 is 18.5 Å². The van der Waals surface area contributed by atoms with Crippen LogP contribution in [0.25, 0.3) is 0 Å². The quantitative estimate of drug-likeness (QED) is 0.468. The van der Waals surface area contributed by atoms with E-state index in [1.807, 2.05) is 13.8 Å². The van der Waals surface area contributed by atoms with E-state index in [9.17, 15) is 14.4 Å². The summed E-state index contributed by atoms with van der Waals surface area (Å²) >= 11 is 0. The van der Waals surface area contributed by atoms with Crippen molar-refractivity contribution in [2.24, 2.45) is 5.92 Å². The molecule has 0 spiro atoms. The molecule has 1 atom stereocenters. The second-order valence-corrected chi connectivity index (χ2v) is 4.22. The number of aldehydes is 1. The van der Waals surface area contributed by atoms with Crippen LogP contribution in [0.3, 0.4) is 0 Å². The van der Waals surface area contributed by atoms with Crippen LogP contribution >= 0.6 is 0 Å². The Hall–Kier alpha value is -1.83. The van der Waals surface area contributed by atoms with Gasteiger partial charge in [0.05, 0.1) is 26.4 Å². The van der Waals surface area contributed by atoms with E-state index in [1.165, 1.54) is 7.11 Å². The van der Waals surface area contributed by atoms with Gasteiger partial charge in [-0.1, -0.05) is 13.8 Å². The van der Waals surface area contributed by atoms with Gasteiger partial charge < -0.3 is 29.6 Å². The molecule has 20 heavy (non-hydrogen) atoms. The lowest BCUT2D eigenvalue weighted by atomic mass is 10.1. The Labute approximate surface area is 118 Å². The van der Waals surface area contributed by atoms with E-state index in [4.69, 9.17) is 9.47 Å². The van der Waals surface area contributed by atoms with Crippen LogP contribution in [0, 0.1) is 5.92 Å². The van der Waals surface area contributed by atoms with Gasteiger partial charge in [0, 0.05) is 6.54 Å². The fourth-order valence-electron chi connectivity index (χ4n) is 1.13. The molecule has 0 bridgehead atoms. The van der Waals surface area contributed by atoms with Crippen LogP contribution in [0.15, 0.2) is 0 Å². The summed E-state index contributed by atoms with van der Waals surface area (Å²) in [4.78, 5) is 32.7. The first-order valence-electron chi connectivity index (χ1n) is 6.29. The van der Waals surface area contributed by atoms with E-state index in [2.05, 4.69) is 15.4 Å². The van der Waals surface area contributed by atoms with Crippen molar-refractivity contribution < 1.29 is 28.6 Å². The standard InChI is InChI=1S/C12H22N2O6/c1-9(2)10(8-15)14-12(17)20-7-6-19-5-4-13-11(16)18-3/h8-10H,4-7H2,1-3H3,(H,13,16)(H,14,17). The highest BCUT2D eigenvalue weighted by atomic mass is 16.6. The molecular weight excluding hydrogens is 268 g/mol. The van der Waals surface area contributed by atoms with Crippen molar-refractivity contribution in [2.45, 2.75) is 19.9 Å². The van der Waals surface area contributed by atoms with E-state index in [0.29, 0.717) is 12.8 Å². The maximum atomic E-state index is 11.3. The molecule has 8 heteroatoms. The number of rotatable bonds is 9. The topological polar surface area (TPSA) is 103 Å². The van der Waals surface area contributed by atoms with Crippen molar-refractivity contribution in [3.8, 4) is 0 Å². The van der Waals surface area contributed by atoms with Gasteiger partial charge in [0.2, 0.25) is 0 Å². The largest absolute Gasteiger partial charge is 0.453 e. The lowest BCUT2D eigenvalue weighted by Crippen LogP contribution is -2.40. The minimum Gasteiger partial charge on any atom is -0.453 e. The molecule has 8 nitrogen and oxygen atoms in total. The molecule has 0 heterocycles. The fourth-order valence-corrected chi connectivity index (χ4v) is 1.13. The van der Waals surface area contributed by atoms with Crippen LogP contribution in [0.2, 0.25) is 0 Å². The maximum Gasteiger partial charge on any atom is 0.407 e. The molecule has 0 fully saturated rings. The van der Waals surface area contributed by atoms with Crippen molar-refractivity contribution in [3.63, 3.8) is 0 Å². The summed E-state index contributed by atoms with van der Waals surface area (Å²) in [7, 11) is 1.27. The highest BCUT2D eigenvalue weighted by molar-refractivity contribution is 5.73. The normalized spacial score (nSPS) is 11.6. The molecule has 116 valence electrons. The molecule has 0 saturated heterocycles. The maximum absolute atomic E-state index is 11.3. The summed E-state index contributed by atoms with van der Waals surface area (Å²) in [6.07, 6.45) is -0.522. The van der Waals surface area contributed by atoms with Crippen LogP contribution in [0.4, 0.5) is 9.59 Å². The number of carbonyl (C=O) groups is 3. The Morgan fingerprint density at radius 2 is 1.85 bits per heavy atom. The van der Waals surface area contributed by atoms with Gasteiger partial charge in [-0.25, -0.2) is 9.59 Å². The molecule has 0 rings (SSSR count). The summed E-state index contributed by atoms with van der Waals surface area (Å²) in [5.74, 6) is 0.000644. The van der Waals surface area contributed by atoms with Crippen LogP contribution in [0.1, 0.15) is 13.8 Å². The number of carbonyl (C=O) groups excluding carboxylic acids is 3. The van der Waals surface area contributed by atoms with Crippen LogP contribution in [0.5, 0.6) is 0 Å². The third-order valence-corrected chi connectivity index (χ3v) is 2.31. The molecule has 0 aromatic heterocycles. The summed E-state index contributed by atoms with van der Waals surface area (Å²) in [6, 6.07) is -0.562. The second kappa shape index (κ2) is 11.0. The van der Waals surface area contributed by atoms with Crippen molar-refractivity contribution in [3.05, 3.63) is 0 Å². The monoisotopic (exact) mass is 290 g/mol. The first-order chi connectivity index (χ1) is 9.51. The highest BCUT2D eigenvalue weighted by Gasteiger charge is 2.15. The van der Waals surface area contributed by atoms with Gasteiger partial charge in [-0.2, -0.15) is 0 Å². The Morgan fingerprint density at radius 3 is 2.40 bits per heavy atom. The SMILES string of the molecule is COC(=O)NCCOCCOC(=O)NC(C=O)C(C)C. The van der Waals surface area contributed by atoms with Crippen molar-refractivity contribution in [1.29, 1.82) is 0 Å². The smallest absolute Gasteiger partial charge is 0.407 e. The zero-order chi connectivity index (χ0) is 15.4.